The number of hydrogen-bond acceptors (Lipinski definition) is 5. The van der Waals surface area contributed by atoms with Gasteiger partial charge in [0.2, 0.25) is 0 Å². The summed E-state index contributed by atoms with van der Waals surface area (Å²) in [7, 11) is 0. The molecule has 1 heterocycles. The zero-order valence-electron chi connectivity index (χ0n) is 17.5. The zero-order valence-corrected chi connectivity index (χ0v) is 21.4. The Morgan fingerprint density at radius 2 is 1.59 bits per heavy atom. The highest BCUT2D eigenvalue weighted by molar-refractivity contribution is 9.12. The smallest absolute Gasteiger partial charge is 0.272 e. The van der Waals surface area contributed by atoms with Crippen LogP contribution in [0.3, 0.4) is 0 Å². The number of rotatable bonds is 5. The Kier molecular flexibility index (Phi) is 6.02. The molecule has 1 aliphatic heterocycles. The average Bonchev–Trinajstić information content (AvgIpc) is 3.43. The highest BCUT2D eigenvalue weighted by Gasteiger charge is 2.67. The lowest BCUT2D eigenvalue weighted by Gasteiger charge is -2.31. The van der Waals surface area contributed by atoms with Gasteiger partial charge in [-0.2, -0.15) is 5.01 Å². The van der Waals surface area contributed by atoms with E-state index < -0.39 is 34.5 Å². The van der Waals surface area contributed by atoms with Crippen LogP contribution in [0, 0.1) is 33.8 Å². The van der Waals surface area contributed by atoms with E-state index in [1.165, 1.54) is 24.3 Å². The molecular formula is C23H18Br2ClN3O5. The number of halogens is 3. The molecule has 0 radical (unpaired) electrons. The van der Waals surface area contributed by atoms with Gasteiger partial charge >= 0.3 is 0 Å². The summed E-state index contributed by atoms with van der Waals surface area (Å²) in [4.78, 5) is 51.4. The molecule has 11 heteroatoms. The molecule has 3 amide bonds. The van der Waals surface area contributed by atoms with Crippen molar-refractivity contribution in [3.8, 4) is 0 Å². The van der Waals surface area contributed by atoms with E-state index >= 15 is 0 Å². The predicted molar refractivity (Wildman–Crippen MR) is 130 cm³/mol. The fraction of sp³-hybridized carbons (Fsp3) is 0.348. The summed E-state index contributed by atoms with van der Waals surface area (Å²) < 4.78 is 0. The number of hydrazine groups is 1. The quantitative estimate of drug-likeness (QED) is 0.213. The number of nitro benzene ring substituents is 1. The summed E-state index contributed by atoms with van der Waals surface area (Å²) in [5.41, 5.74) is 0.521. The first-order valence-electron chi connectivity index (χ1n) is 10.7. The van der Waals surface area contributed by atoms with Crippen molar-refractivity contribution in [1.29, 1.82) is 0 Å². The number of nitro groups is 1. The average molecular weight is 612 g/mol. The fourth-order valence-electron chi connectivity index (χ4n) is 5.47. The zero-order chi connectivity index (χ0) is 24.3. The maximum absolute atomic E-state index is 13.6. The van der Waals surface area contributed by atoms with Crippen molar-refractivity contribution in [2.45, 2.75) is 22.6 Å². The first kappa shape index (κ1) is 23.4. The molecule has 1 saturated heterocycles. The van der Waals surface area contributed by atoms with E-state index in [0.29, 0.717) is 10.6 Å². The third-order valence-corrected chi connectivity index (χ3v) is 10.6. The van der Waals surface area contributed by atoms with Gasteiger partial charge in [0.25, 0.3) is 23.4 Å². The van der Waals surface area contributed by atoms with Gasteiger partial charge in [0.1, 0.15) is 0 Å². The monoisotopic (exact) mass is 609 g/mol. The van der Waals surface area contributed by atoms with Gasteiger partial charge < -0.3 is 0 Å². The Hall–Kier alpha value is -2.30. The van der Waals surface area contributed by atoms with Gasteiger partial charge in [-0.05, 0) is 42.0 Å². The molecular weight excluding hydrogens is 594 g/mol. The molecule has 3 aliphatic rings. The minimum atomic E-state index is -0.616. The number of non-ortho nitro benzene ring substituents is 1. The Labute approximate surface area is 216 Å². The standard InChI is InChI=1S/C23H18Br2ClN3O5/c24-19-14-9-15(20(19)25)18-17(14)22(31)28(23(18)32)27(10-12-3-1-2-4-16(12)26)21(30)11-5-7-13(8-6-11)29(33)34/h1-8,14-15,17-20H,9-10H2/t14-,15-,17-,18-,19-,20+/m1/s1. The largest absolute Gasteiger partial charge is 0.273 e. The topological polar surface area (TPSA) is 101 Å². The summed E-state index contributed by atoms with van der Waals surface area (Å²) in [6.45, 7) is -0.1000. The van der Waals surface area contributed by atoms with Gasteiger partial charge in [-0.25, -0.2) is 5.01 Å². The Balaban J connectivity index is 1.53. The van der Waals surface area contributed by atoms with Gasteiger partial charge in [0.05, 0.1) is 23.3 Å². The normalized spacial score (nSPS) is 29.4. The molecule has 8 nitrogen and oxygen atoms in total. The van der Waals surface area contributed by atoms with Crippen LogP contribution in [0.1, 0.15) is 22.3 Å². The number of imide groups is 1. The lowest BCUT2D eigenvalue weighted by molar-refractivity contribution is -0.384. The highest BCUT2D eigenvalue weighted by atomic mass is 79.9. The molecule has 2 saturated carbocycles. The van der Waals surface area contributed by atoms with E-state index in [4.69, 9.17) is 11.6 Å². The first-order chi connectivity index (χ1) is 16.2. The third kappa shape index (κ3) is 3.58. The van der Waals surface area contributed by atoms with E-state index in [1.807, 2.05) is 0 Å². The minimum absolute atomic E-state index is 0.00235. The molecule has 2 aliphatic carbocycles. The van der Waals surface area contributed by atoms with Crippen LogP contribution in [0.2, 0.25) is 5.02 Å². The summed E-state index contributed by atoms with van der Waals surface area (Å²) in [6, 6.07) is 12.0. The van der Waals surface area contributed by atoms with Crippen molar-refractivity contribution >= 4 is 66.9 Å². The molecule has 0 aromatic heterocycles. The van der Waals surface area contributed by atoms with Crippen LogP contribution in [-0.2, 0) is 16.1 Å². The van der Waals surface area contributed by atoms with Gasteiger partial charge in [-0.3, -0.25) is 24.5 Å². The van der Waals surface area contributed by atoms with Crippen molar-refractivity contribution < 1.29 is 19.3 Å². The van der Waals surface area contributed by atoms with Crippen LogP contribution in [0.4, 0.5) is 5.69 Å². The number of alkyl halides is 2. The number of carbonyl (C=O) groups excluding carboxylic acids is 3. The van der Waals surface area contributed by atoms with Crippen LogP contribution in [0.25, 0.3) is 0 Å². The molecule has 3 fully saturated rings. The molecule has 2 aromatic carbocycles. The number of benzene rings is 2. The van der Waals surface area contributed by atoms with Crippen molar-refractivity contribution in [3.63, 3.8) is 0 Å². The van der Waals surface area contributed by atoms with Crippen LogP contribution < -0.4 is 0 Å². The van der Waals surface area contributed by atoms with Gasteiger partial charge in [0, 0.05) is 32.4 Å². The van der Waals surface area contributed by atoms with Crippen molar-refractivity contribution in [3.05, 3.63) is 74.8 Å². The maximum Gasteiger partial charge on any atom is 0.273 e. The van der Waals surface area contributed by atoms with E-state index in [2.05, 4.69) is 31.9 Å². The van der Waals surface area contributed by atoms with E-state index in [0.717, 1.165) is 16.4 Å². The second-order valence-electron chi connectivity index (χ2n) is 8.75. The molecule has 5 rings (SSSR count). The lowest BCUT2D eigenvalue weighted by atomic mass is 9.81. The molecule has 2 bridgehead atoms. The molecule has 34 heavy (non-hydrogen) atoms. The lowest BCUT2D eigenvalue weighted by Crippen LogP contribution is -2.50. The second kappa shape index (κ2) is 8.73. The number of fused-ring (bicyclic) bond motifs is 5. The Morgan fingerprint density at radius 1 is 1.03 bits per heavy atom. The van der Waals surface area contributed by atoms with Crippen LogP contribution in [-0.4, -0.2) is 42.3 Å². The van der Waals surface area contributed by atoms with Gasteiger partial charge in [0.15, 0.2) is 0 Å². The summed E-state index contributed by atoms with van der Waals surface area (Å²) in [5, 5.41) is 13.5. The Bertz CT molecular complexity index is 1180. The van der Waals surface area contributed by atoms with Crippen LogP contribution >= 0.6 is 43.5 Å². The predicted octanol–water partition coefficient (Wildman–Crippen LogP) is 4.58. The number of nitrogens with zero attached hydrogens (tertiary/aromatic N) is 3. The minimum Gasteiger partial charge on any atom is -0.272 e. The molecule has 0 N–H and O–H groups in total. The highest BCUT2D eigenvalue weighted by Crippen LogP contribution is 2.60. The molecule has 0 spiro atoms. The third-order valence-electron chi connectivity index (χ3n) is 7.04. The van der Waals surface area contributed by atoms with Crippen LogP contribution in [0.5, 0.6) is 0 Å². The van der Waals surface area contributed by atoms with Gasteiger partial charge in [-0.15, -0.1) is 0 Å². The van der Waals surface area contributed by atoms with Crippen molar-refractivity contribution in [2.75, 3.05) is 0 Å². The second-order valence-corrected chi connectivity index (χ2v) is 11.3. The SMILES string of the molecule is O=C(c1ccc([N+](=O)[O-])cc1)N(Cc1ccccc1Cl)N1C(=O)[C@@H]2[C@H]3C[C@@H]([C@@H](Br)[C@H]3Br)[C@H]2C1=O. The van der Waals surface area contributed by atoms with Gasteiger partial charge in [-0.1, -0.05) is 61.7 Å². The molecule has 0 unspecified atom stereocenters. The molecule has 6 atom stereocenters. The summed E-state index contributed by atoms with van der Waals surface area (Å²) >= 11 is 13.7. The van der Waals surface area contributed by atoms with E-state index in [1.54, 1.807) is 24.3 Å². The van der Waals surface area contributed by atoms with Crippen LogP contribution in [0.15, 0.2) is 48.5 Å². The number of carbonyl (C=O) groups is 3. The summed E-state index contributed by atoms with van der Waals surface area (Å²) in [5.74, 6) is -2.39. The number of amides is 3. The maximum atomic E-state index is 13.6. The Morgan fingerprint density at radius 3 is 2.12 bits per heavy atom. The fourth-order valence-corrected chi connectivity index (χ4v) is 7.54. The number of hydrogen-bond donors (Lipinski definition) is 0. The van der Waals surface area contributed by atoms with E-state index in [-0.39, 0.29) is 39.3 Å². The summed E-state index contributed by atoms with van der Waals surface area (Å²) in [6.07, 6.45) is 0.771. The van der Waals surface area contributed by atoms with Crippen molar-refractivity contribution in [1.82, 2.24) is 10.0 Å². The first-order valence-corrected chi connectivity index (χ1v) is 12.9. The molecule has 2 aromatic rings. The van der Waals surface area contributed by atoms with E-state index in [9.17, 15) is 24.5 Å². The van der Waals surface area contributed by atoms with Crippen molar-refractivity contribution in [2.24, 2.45) is 23.7 Å². The molecule has 176 valence electrons.